The minimum Gasteiger partial charge on any atom is -0.489 e. The van der Waals surface area contributed by atoms with Crippen LogP contribution in [0.15, 0.2) is 78.9 Å². The van der Waals surface area contributed by atoms with Crippen LogP contribution < -0.4 is 16.0 Å². The number of nitrogens with one attached hydrogen (secondary N) is 1. The maximum atomic E-state index is 11.4. The van der Waals surface area contributed by atoms with Gasteiger partial charge in [-0.1, -0.05) is 54.6 Å². The molecule has 0 heterocycles. The Bertz CT molecular complexity index is 797. The Morgan fingerprint density at radius 1 is 0.833 bits per heavy atom. The number of nitrogens with two attached hydrogens (primary N) is 1. The zero-order chi connectivity index (χ0) is 16.8. The molecular formula is C20H18N2O2. The fourth-order valence-corrected chi connectivity index (χ4v) is 2.38. The molecule has 0 bridgehead atoms. The van der Waals surface area contributed by atoms with Crippen LogP contribution in [0.3, 0.4) is 0 Å². The second kappa shape index (κ2) is 7.44. The molecule has 120 valence electrons. The number of hydrazine groups is 1. The topological polar surface area (TPSA) is 64.3 Å². The van der Waals surface area contributed by atoms with E-state index in [2.05, 4.69) is 17.6 Å². The van der Waals surface area contributed by atoms with Crippen LogP contribution in [-0.4, -0.2) is 5.91 Å². The van der Waals surface area contributed by atoms with E-state index < -0.39 is 0 Å². The van der Waals surface area contributed by atoms with E-state index in [0.717, 1.165) is 16.9 Å². The number of carbonyl (C=O) groups is 1. The van der Waals surface area contributed by atoms with Gasteiger partial charge in [0.15, 0.2) is 0 Å². The van der Waals surface area contributed by atoms with Gasteiger partial charge in [-0.2, -0.15) is 0 Å². The molecule has 24 heavy (non-hydrogen) atoms. The Morgan fingerprint density at radius 3 is 2.08 bits per heavy atom. The monoisotopic (exact) mass is 318 g/mol. The van der Waals surface area contributed by atoms with Crippen LogP contribution in [0.4, 0.5) is 0 Å². The van der Waals surface area contributed by atoms with Crippen molar-refractivity contribution >= 4 is 5.91 Å². The number of hydrogen-bond donors (Lipinski definition) is 2. The smallest absolute Gasteiger partial charge is 0.265 e. The fraction of sp³-hybridized carbons (Fsp3) is 0.0500. The first kappa shape index (κ1) is 15.8. The lowest BCUT2D eigenvalue weighted by Gasteiger charge is -2.08. The number of carbonyl (C=O) groups excluding carboxylic acids is 1. The van der Waals surface area contributed by atoms with Crippen LogP contribution in [0.2, 0.25) is 0 Å². The summed E-state index contributed by atoms with van der Waals surface area (Å²) in [6.07, 6.45) is 0. The molecule has 0 aliphatic rings. The van der Waals surface area contributed by atoms with Gasteiger partial charge in [0.25, 0.3) is 5.91 Å². The van der Waals surface area contributed by atoms with E-state index in [-0.39, 0.29) is 5.91 Å². The van der Waals surface area contributed by atoms with Gasteiger partial charge in [0.05, 0.1) is 0 Å². The summed E-state index contributed by atoms with van der Waals surface area (Å²) in [7, 11) is 0. The zero-order valence-electron chi connectivity index (χ0n) is 13.1. The van der Waals surface area contributed by atoms with Crippen molar-refractivity contribution in [3.63, 3.8) is 0 Å². The summed E-state index contributed by atoms with van der Waals surface area (Å²) < 4.78 is 5.78. The van der Waals surface area contributed by atoms with Crippen molar-refractivity contribution in [3.8, 4) is 16.9 Å². The SMILES string of the molecule is NNC(=O)c1ccc(COc2ccc(-c3ccccc3)cc2)cc1. The van der Waals surface area contributed by atoms with Crippen molar-refractivity contribution in [2.45, 2.75) is 6.61 Å². The summed E-state index contributed by atoms with van der Waals surface area (Å²) >= 11 is 0. The molecule has 0 saturated carbocycles. The molecule has 0 unspecified atom stereocenters. The number of benzene rings is 3. The highest BCUT2D eigenvalue weighted by Crippen LogP contribution is 2.22. The maximum Gasteiger partial charge on any atom is 0.265 e. The summed E-state index contributed by atoms with van der Waals surface area (Å²) in [4.78, 5) is 11.4. The van der Waals surface area contributed by atoms with Gasteiger partial charge >= 0.3 is 0 Å². The molecule has 3 rings (SSSR count). The van der Waals surface area contributed by atoms with Crippen molar-refractivity contribution in [1.29, 1.82) is 0 Å². The number of hydrogen-bond acceptors (Lipinski definition) is 3. The predicted molar refractivity (Wildman–Crippen MR) is 94.3 cm³/mol. The van der Waals surface area contributed by atoms with Crippen LogP contribution in [0.1, 0.15) is 15.9 Å². The van der Waals surface area contributed by atoms with Crippen LogP contribution in [-0.2, 0) is 6.61 Å². The summed E-state index contributed by atoms with van der Waals surface area (Å²) in [5.41, 5.74) is 5.94. The van der Waals surface area contributed by atoms with Gasteiger partial charge in [-0.25, -0.2) is 5.84 Å². The highest BCUT2D eigenvalue weighted by molar-refractivity contribution is 5.93. The van der Waals surface area contributed by atoms with Gasteiger partial charge in [-0.15, -0.1) is 0 Å². The highest BCUT2D eigenvalue weighted by Gasteiger charge is 2.03. The summed E-state index contributed by atoms with van der Waals surface area (Å²) in [5, 5.41) is 0. The first-order valence-corrected chi connectivity index (χ1v) is 7.64. The van der Waals surface area contributed by atoms with Gasteiger partial charge in [0.2, 0.25) is 0 Å². The summed E-state index contributed by atoms with van der Waals surface area (Å²) in [6, 6.07) is 25.3. The van der Waals surface area contributed by atoms with Crippen molar-refractivity contribution in [3.05, 3.63) is 90.0 Å². The Morgan fingerprint density at radius 2 is 1.46 bits per heavy atom. The fourth-order valence-electron chi connectivity index (χ4n) is 2.38. The molecule has 3 N–H and O–H groups in total. The summed E-state index contributed by atoms with van der Waals surface area (Å²) in [6.45, 7) is 0.440. The second-order valence-corrected chi connectivity index (χ2v) is 5.35. The second-order valence-electron chi connectivity index (χ2n) is 5.35. The third kappa shape index (κ3) is 3.80. The quantitative estimate of drug-likeness (QED) is 0.430. The van der Waals surface area contributed by atoms with Gasteiger partial charge in [0, 0.05) is 5.56 Å². The molecule has 0 saturated heterocycles. The Kier molecular flexibility index (Phi) is 4.89. The zero-order valence-corrected chi connectivity index (χ0v) is 13.1. The van der Waals surface area contributed by atoms with E-state index in [1.54, 1.807) is 12.1 Å². The minimum atomic E-state index is -0.307. The molecule has 0 aliphatic heterocycles. The molecule has 3 aromatic carbocycles. The van der Waals surface area contributed by atoms with Crippen molar-refractivity contribution in [1.82, 2.24) is 5.43 Å². The molecule has 4 nitrogen and oxygen atoms in total. The number of ether oxygens (including phenoxy) is 1. The Labute approximate surface area is 140 Å². The van der Waals surface area contributed by atoms with Crippen molar-refractivity contribution in [2.75, 3.05) is 0 Å². The van der Waals surface area contributed by atoms with E-state index in [4.69, 9.17) is 10.6 Å². The first-order chi connectivity index (χ1) is 11.8. The van der Waals surface area contributed by atoms with Crippen LogP contribution in [0.25, 0.3) is 11.1 Å². The molecule has 3 aromatic rings. The van der Waals surface area contributed by atoms with Gasteiger partial charge in [-0.3, -0.25) is 10.2 Å². The predicted octanol–water partition coefficient (Wildman–Crippen LogP) is 3.54. The third-order valence-corrected chi connectivity index (χ3v) is 3.71. The average Bonchev–Trinajstić information content (AvgIpc) is 2.67. The van der Waals surface area contributed by atoms with Crippen LogP contribution in [0, 0.1) is 0 Å². The van der Waals surface area contributed by atoms with Crippen molar-refractivity contribution < 1.29 is 9.53 Å². The molecule has 0 radical (unpaired) electrons. The molecular weight excluding hydrogens is 300 g/mol. The van der Waals surface area contributed by atoms with E-state index >= 15 is 0 Å². The largest absolute Gasteiger partial charge is 0.489 e. The first-order valence-electron chi connectivity index (χ1n) is 7.64. The number of rotatable bonds is 5. The maximum absolute atomic E-state index is 11.4. The highest BCUT2D eigenvalue weighted by atomic mass is 16.5. The normalized spacial score (nSPS) is 10.2. The van der Waals surface area contributed by atoms with E-state index in [0.29, 0.717) is 12.2 Å². The Balaban J connectivity index is 1.61. The lowest BCUT2D eigenvalue weighted by molar-refractivity contribution is 0.0953. The minimum absolute atomic E-state index is 0.307. The van der Waals surface area contributed by atoms with Crippen molar-refractivity contribution in [2.24, 2.45) is 5.84 Å². The molecule has 0 aromatic heterocycles. The number of nitrogen functional groups attached to an aromatic ring is 1. The van der Waals surface area contributed by atoms with Gasteiger partial charge in [0.1, 0.15) is 12.4 Å². The third-order valence-electron chi connectivity index (χ3n) is 3.71. The lowest BCUT2D eigenvalue weighted by atomic mass is 10.1. The van der Waals surface area contributed by atoms with Gasteiger partial charge in [-0.05, 0) is 41.0 Å². The molecule has 0 spiro atoms. The molecule has 0 fully saturated rings. The molecule has 4 heteroatoms. The summed E-state index contributed by atoms with van der Waals surface area (Å²) in [5.74, 6) is 5.60. The average molecular weight is 318 g/mol. The molecule has 0 atom stereocenters. The van der Waals surface area contributed by atoms with Gasteiger partial charge < -0.3 is 4.74 Å². The molecule has 0 aliphatic carbocycles. The van der Waals surface area contributed by atoms with E-state index in [1.165, 1.54) is 5.56 Å². The lowest BCUT2D eigenvalue weighted by Crippen LogP contribution is -2.29. The van der Waals surface area contributed by atoms with E-state index in [9.17, 15) is 4.79 Å². The van der Waals surface area contributed by atoms with Crippen LogP contribution >= 0.6 is 0 Å². The Hall–Kier alpha value is -3.11. The molecule has 1 amide bonds. The standard InChI is InChI=1S/C20H18N2O2/c21-22-20(23)18-8-6-15(7-9-18)14-24-19-12-10-17(11-13-19)16-4-2-1-3-5-16/h1-13H,14,21H2,(H,22,23). The van der Waals surface area contributed by atoms with E-state index in [1.807, 2.05) is 54.6 Å². The van der Waals surface area contributed by atoms with Crippen LogP contribution in [0.5, 0.6) is 5.75 Å². The number of amides is 1.